The molecule has 0 spiro atoms. The highest BCUT2D eigenvalue weighted by Gasteiger charge is 2.26. The first-order valence-electron chi connectivity index (χ1n) is 7.54. The van der Waals surface area contributed by atoms with Gasteiger partial charge in [0.05, 0.1) is 13.7 Å². The van der Waals surface area contributed by atoms with Gasteiger partial charge < -0.3 is 19.9 Å². The standard InChI is InChI=1S/C15H23N3O3S/c1-3-17(11-13-7-5-9-22-13)14(19)16-12-6-4-8-18(10-12)15(20)21-2/h5,7,9,12H,3-4,6,8,10-11H2,1-2H3,(H,16,19). The van der Waals surface area contributed by atoms with Crippen molar-refractivity contribution in [1.29, 1.82) is 0 Å². The SMILES string of the molecule is CCN(Cc1cccs1)C(=O)NC1CCCN(C(=O)OC)C1. The normalized spacial score (nSPS) is 17.9. The van der Waals surface area contributed by atoms with Gasteiger partial charge in [0, 0.05) is 30.6 Å². The highest BCUT2D eigenvalue weighted by Crippen LogP contribution is 2.14. The zero-order valence-electron chi connectivity index (χ0n) is 13.1. The van der Waals surface area contributed by atoms with Gasteiger partial charge in [-0.05, 0) is 31.2 Å². The van der Waals surface area contributed by atoms with Gasteiger partial charge in [0.25, 0.3) is 0 Å². The number of hydrogen-bond acceptors (Lipinski definition) is 4. The molecule has 1 unspecified atom stereocenters. The third kappa shape index (κ3) is 4.37. The summed E-state index contributed by atoms with van der Waals surface area (Å²) in [6, 6.07) is 3.92. The fraction of sp³-hybridized carbons (Fsp3) is 0.600. The lowest BCUT2D eigenvalue weighted by Gasteiger charge is -2.33. The zero-order valence-corrected chi connectivity index (χ0v) is 13.9. The number of amides is 3. The first-order valence-corrected chi connectivity index (χ1v) is 8.42. The molecule has 0 bridgehead atoms. The predicted molar refractivity (Wildman–Crippen MR) is 85.9 cm³/mol. The molecule has 0 radical (unpaired) electrons. The molecule has 2 heterocycles. The average Bonchev–Trinajstić information content (AvgIpc) is 3.05. The zero-order chi connectivity index (χ0) is 15.9. The number of ether oxygens (including phenoxy) is 1. The van der Waals surface area contributed by atoms with Gasteiger partial charge in [-0.1, -0.05) is 6.07 Å². The molecular weight excluding hydrogens is 302 g/mol. The fourth-order valence-corrected chi connectivity index (χ4v) is 3.29. The van der Waals surface area contributed by atoms with Gasteiger partial charge in [0.1, 0.15) is 0 Å². The van der Waals surface area contributed by atoms with Gasteiger partial charge in [-0.2, -0.15) is 0 Å². The molecule has 22 heavy (non-hydrogen) atoms. The van der Waals surface area contributed by atoms with Crippen LogP contribution in [0.3, 0.4) is 0 Å². The summed E-state index contributed by atoms with van der Waals surface area (Å²) in [6.07, 6.45) is 1.43. The van der Waals surface area contributed by atoms with Crippen LogP contribution in [0.5, 0.6) is 0 Å². The van der Waals surface area contributed by atoms with Crippen LogP contribution < -0.4 is 5.32 Å². The van der Waals surface area contributed by atoms with E-state index in [9.17, 15) is 9.59 Å². The predicted octanol–water partition coefficient (Wildman–Crippen LogP) is 2.51. The summed E-state index contributed by atoms with van der Waals surface area (Å²) in [5, 5.41) is 5.04. The van der Waals surface area contributed by atoms with E-state index in [0.29, 0.717) is 26.2 Å². The number of likely N-dealkylation sites (tertiary alicyclic amines) is 1. The quantitative estimate of drug-likeness (QED) is 0.925. The van der Waals surface area contributed by atoms with Crippen LogP contribution in [0.2, 0.25) is 0 Å². The molecule has 0 aromatic carbocycles. The third-order valence-electron chi connectivity index (χ3n) is 3.78. The van der Waals surface area contributed by atoms with Crippen LogP contribution in [0.1, 0.15) is 24.6 Å². The molecule has 0 saturated carbocycles. The van der Waals surface area contributed by atoms with Crippen molar-refractivity contribution in [2.24, 2.45) is 0 Å². The molecular formula is C15H23N3O3S. The minimum atomic E-state index is -0.329. The Hall–Kier alpha value is -1.76. The average molecular weight is 325 g/mol. The highest BCUT2D eigenvalue weighted by atomic mass is 32.1. The van der Waals surface area contributed by atoms with Crippen LogP contribution in [0.25, 0.3) is 0 Å². The maximum atomic E-state index is 12.4. The summed E-state index contributed by atoms with van der Waals surface area (Å²) in [5.74, 6) is 0. The van der Waals surface area contributed by atoms with E-state index in [-0.39, 0.29) is 18.2 Å². The molecule has 1 aromatic rings. The molecule has 3 amide bonds. The molecule has 1 aliphatic rings. The molecule has 6 nitrogen and oxygen atoms in total. The van der Waals surface area contributed by atoms with Gasteiger partial charge in [0.15, 0.2) is 0 Å². The van der Waals surface area contributed by atoms with E-state index in [1.54, 1.807) is 21.1 Å². The number of carbonyl (C=O) groups excluding carboxylic acids is 2. The van der Waals surface area contributed by atoms with E-state index in [0.717, 1.165) is 17.7 Å². The number of piperidine rings is 1. The van der Waals surface area contributed by atoms with Crippen molar-refractivity contribution in [2.45, 2.75) is 32.4 Å². The minimum Gasteiger partial charge on any atom is -0.453 e. The Labute approximate surface area is 135 Å². The number of nitrogens with one attached hydrogen (secondary N) is 1. The van der Waals surface area contributed by atoms with Gasteiger partial charge in [-0.25, -0.2) is 9.59 Å². The molecule has 1 N–H and O–H groups in total. The summed E-state index contributed by atoms with van der Waals surface area (Å²) >= 11 is 1.65. The van der Waals surface area contributed by atoms with E-state index in [4.69, 9.17) is 4.74 Å². The Balaban J connectivity index is 1.88. The van der Waals surface area contributed by atoms with Crippen LogP contribution in [0.4, 0.5) is 9.59 Å². The number of methoxy groups -OCH3 is 1. The second-order valence-corrected chi connectivity index (χ2v) is 6.33. The summed E-state index contributed by atoms with van der Waals surface area (Å²) in [7, 11) is 1.38. The fourth-order valence-electron chi connectivity index (χ4n) is 2.57. The molecule has 1 fully saturated rings. The van der Waals surface area contributed by atoms with Crippen molar-refractivity contribution in [1.82, 2.24) is 15.1 Å². The molecule has 1 aromatic heterocycles. The number of urea groups is 1. The van der Waals surface area contributed by atoms with Crippen LogP contribution in [-0.2, 0) is 11.3 Å². The van der Waals surface area contributed by atoms with Gasteiger partial charge in [-0.3, -0.25) is 0 Å². The van der Waals surface area contributed by atoms with Crippen LogP contribution >= 0.6 is 11.3 Å². The Kier molecular flexibility index (Phi) is 6.06. The van der Waals surface area contributed by atoms with Crippen molar-refractivity contribution in [3.8, 4) is 0 Å². The largest absolute Gasteiger partial charge is 0.453 e. The van der Waals surface area contributed by atoms with E-state index >= 15 is 0 Å². The van der Waals surface area contributed by atoms with Crippen molar-refractivity contribution in [3.05, 3.63) is 22.4 Å². The minimum absolute atomic E-state index is 0.0160. The number of carbonyl (C=O) groups is 2. The van der Waals surface area contributed by atoms with Crippen molar-refractivity contribution in [3.63, 3.8) is 0 Å². The maximum absolute atomic E-state index is 12.4. The summed E-state index contributed by atoms with van der Waals surface area (Å²) in [5.41, 5.74) is 0. The Bertz CT molecular complexity index is 492. The molecule has 0 aliphatic carbocycles. The number of thiophene rings is 1. The topological polar surface area (TPSA) is 61.9 Å². The number of nitrogens with zero attached hydrogens (tertiary/aromatic N) is 2. The van der Waals surface area contributed by atoms with Crippen molar-refractivity contribution < 1.29 is 14.3 Å². The lowest BCUT2D eigenvalue weighted by molar-refractivity contribution is 0.106. The maximum Gasteiger partial charge on any atom is 0.409 e. The first kappa shape index (κ1) is 16.6. The molecule has 7 heteroatoms. The monoisotopic (exact) mass is 325 g/mol. The summed E-state index contributed by atoms with van der Waals surface area (Å²) in [6.45, 7) is 4.43. The highest BCUT2D eigenvalue weighted by molar-refractivity contribution is 7.09. The van der Waals surface area contributed by atoms with E-state index in [1.807, 2.05) is 24.4 Å². The lowest BCUT2D eigenvalue weighted by atomic mass is 10.1. The Morgan fingerprint density at radius 2 is 2.36 bits per heavy atom. The van der Waals surface area contributed by atoms with E-state index in [1.165, 1.54) is 7.11 Å². The molecule has 2 rings (SSSR count). The van der Waals surface area contributed by atoms with Crippen LogP contribution in [-0.4, -0.2) is 54.7 Å². The second-order valence-electron chi connectivity index (χ2n) is 5.30. The molecule has 1 atom stereocenters. The summed E-state index contributed by atoms with van der Waals surface area (Å²) < 4.78 is 4.75. The number of hydrogen-bond donors (Lipinski definition) is 1. The third-order valence-corrected chi connectivity index (χ3v) is 4.64. The van der Waals surface area contributed by atoms with Crippen molar-refractivity contribution >= 4 is 23.5 Å². The van der Waals surface area contributed by atoms with Gasteiger partial charge in [-0.15, -0.1) is 11.3 Å². The van der Waals surface area contributed by atoms with Crippen molar-refractivity contribution in [2.75, 3.05) is 26.7 Å². The van der Waals surface area contributed by atoms with E-state index in [2.05, 4.69) is 5.32 Å². The second kappa shape index (κ2) is 8.03. The Morgan fingerprint density at radius 1 is 1.55 bits per heavy atom. The van der Waals surface area contributed by atoms with Gasteiger partial charge in [0.2, 0.25) is 0 Å². The first-order chi connectivity index (χ1) is 10.6. The molecule has 1 saturated heterocycles. The summed E-state index contributed by atoms with van der Waals surface area (Å²) in [4.78, 5) is 28.6. The van der Waals surface area contributed by atoms with E-state index < -0.39 is 0 Å². The number of rotatable bonds is 4. The smallest absolute Gasteiger partial charge is 0.409 e. The van der Waals surface area contributed by atoms with Crippen LogP contribution in [0, 0.1) is 0 Å². The lowest BCUT2D eigenvalue weighted by Crippen LogP contribution is -2.52. The van der Waals surface area contributed by atoms with Crippen LogP contribution in [0.15, 0.2) is 17.5 Å². The molecule has 1 aliphatic heterocycles. The Morgan fingerprint density at radius 3 is 3.00 bits per heavy atom. The molecule has 122 valence electrons. The van der Waals surface area contributed by atoms with Gasteiger partial charge >= 0.3 is 12.1 Å².